The van der Waals surface area contributed by atoms with Crippen molar-refractivity contribution < 1.29 is 0 Å². The van der Waals surface area contributed by atoms with Gasteiger partial charge in [0.25, 0.3) is 0 Å². The average Bonchev–Trinajstić information content (AvgIpc) is 3.11. The number of aromatic nitrogens is 1. The first-order valence-electron chi connectivity index (χ1n) is 9.98. The molecule has 28 heavy (non-hydrogen) atoms. The van der Waals surface area contributed by atoms with Gasteiger partial charge in [0.15, 0.2) is 0 Å². The molecule has 4 aromatic rings. The summed E-state index contributed by atoms with van der Waals surface area (Å²) in [6.07, 6.45) is 5.65. The number of benzene rings is 3. The van der Waals surface area contributed by atoms with E-state index in [1.165, 1.54) is 44.5 Å². The predicted octanol–water partition coefficient (Wildman–Crippen LogP) is 6.99. The highest BCUT2D eigenvalue weighted by molar-refractivity contribution is 5.83. The van der Waals surface area contributed by atoms with Crippen molar-refractivity contribution in [3.05, 3.63) is 107 Å². The number of hydrogen-bond acceptors (Lipinski definition) is 0. The van der Waals surface area contributed by atoms with Crippen LogP contribution in [0.25, 0.3) is 22.3 Å². The first-order chi connectivity index (χ1) is 13.6. The molecule has 3 aromatic carbocycles. The lowest BCUT2D eigenvalue weighted by Crippen LogP contribution is -1.98. The van der Waals surface area contributed by atoms with Gasteiger partial charge in [0.05, 0.1) is 0 Å². The molecule has 1 aromatic heterocycles. The highest BCUT2D eigenvalue weighted by Gasteiger charge is 2.12. The van der Waals surface area contributed by atoms with Crippen LogP contribution in [0.4, 0.5) is 0 Å². The smallest absolute Gasteiger partial charge is 0.0260 e. The third kappa shape index (κ3) is 4.09. The molecule has 0 bridgehead atoms. The monoisotopic (exact) mass is 365 g/mol. The maximum atomic E-state index is 2.34. The number of rotatable bonds is 5. The quantitative estimate of drug-likeness (QED) is 0.359. The van der Waals surface area contributed by atoms with Crippen LogP contribution in [0.3, 0.4) is 0 Å². The van der Waals surface area contributed by atoms with Crippen molar-refractivity contribution in [2.24, 2.45) is 0 Å². The maximum absolute atomic E-state index is 2.34. The van der Waals surface area contributed by atoms with Crippen LogP contribution in [0.2, 0.25) is 0 Å². The number of nitrogens with zero attached hydrogens (tertiary/aromatic N) is 1. The first-order valence-corrected chi connectivity index (χ1v) is 9.98. The molecular weight excluding hydrogens is 338 g/mol. The molecule has 0 amide bonds. The molecule has 0 aliphatic heterocycles. The highest BCUT2D eigenvalue weighted by Crippen LogP contribution is 2.34. The Morgan fingerprint density at radius 2 is 1.11 bits per heavy atom. The summed E-state index contributed by atoms with van der Waals surface area (Å²) in [4.78, 5) is 0. The maximum Gasteiger partial charge on any atom is 0.0260 e. The van der Waals surface area contributed by atoms with Gasteiger partial charge in [0.2, 0.25) is 0 Å². The molecule has 0 N–H and O–H groups in total. The van der Waals surface area contributed by atoms with Crippen molar-refractivity contribution in [1.29, 1.82) is 0 Å². The summed E-state index contributed by atoms with van der Waals surface area (Å²) >= 11 is 0. The Kier molecular flexibility index (Phi) is 5.16. The molecule has 0 fully saturated rings. The van der Waals surface area contributed by atoms with E-state index in [-0.39, 0.29) is 0 Å². The van der Waals surface area contributed by atoms with Crippen molar-refractivity contribution in [2.75, 3.05) is 0 Å². The van der Waals surface area contributed by atoms with Gasteiger partial charge in [-0.3, -0.25) is 0 Å². The van der Waals surface area contributed by atoms with Gasteiger partial charge in [0.1, 0.15) is 0 Å². The Balaban J connectivity index is 1.71. The van der Waals surface area contributed by atoms with Crippen LogP contribution >= 0.6 is 0 Å². The minimum atomic E-state index is 0.980. The molecule has 140 valence electrons. The third-order valence-electron chi connectivity index (χ3n) is 5.28. The largest absolute Gasteiger partial charge is 0.353 e. The molecule has 1 heteroatoms. The van der Waals surface area contributed by atoms with Crippen molar-refractivity contribution in [1.82, 2.24) is 4.57 Å². The normalized spacial score (nSPS) is 11.0. The van der Waals surface area contributed by atoms with Crippen molar-refractivity contribution in [3.63, 3.8) is 0 Å². The molecule has 1 heterocycles. The van der Waals surface area contributed by atoms with Crippen LogP contribution in [0.15, 0.2) is 85.2 Å². The molecule has 4 rings (SSSR count). The minimum Gasteiger partial charge on any atom is -0.353 e. The summed E-state index contributed by atoms with van der Waals surface area (Å²) in [5, 5.41) is 0. The lowest BCUT2D eigenvalue weighted by molar-refractivity contribution is 0.701. The van der Waals surface area contributed by atoms with Crippen molar-refractivity contribution in [3.8, 4) is 22.3 Å². The number of hydrogen-bond donors (Lipinski definition) is 0. The lowest BCUT2D eigenvalue weighted by Gasteiger charge is -2.06. The lowest BCUT2D eigenvalue weighted by atomic mass is 9.97. The van der Waals surface area contributed by atoms with Crippen LogP contribution in [0.1, 0.15) is 22.3 Å². The van der Waals surface area contributed by atoms with E-state index in [1.807, 2.05) is 0 Å². The zero-order chi connectivity index (χ0) is 19.5. The second-order valence-corrected chi connectivity index (χ2v) is 7.80. The SMILES string of the molecule is Cc1cccc(CCn2cc(-c3cccc(C)c3)c(-c3cccc(C)c3)c2)c1. The predicted molar refractivity (Wildman–Crippen MR) is 120 cm³/mol. The summed E-state index contributed by atoms with van der Waals surface area (Å²) in [5.41, 5.74) is 10.5. The van der Waals surface area contributed by atoms with E-state index in [1.54, 1.807) is 0 Å². The van der Waals surface area contributed by atoms with Crippen LogP contribution in [0, 0.1) is 20.8 Å². The van der Waals surface area contributed by atoms with Crippen LogP contribution in [0.5, 0.6) is 0 Å². The summed E-state index contributed by atoms with van der Waals surface area (Å²) in [6.45, 7) is 7.45. The Bertz CT molecular complexity index is 1040. The van der Waals surface area contributed by atoms with Crippen LogP contribution in [-0.4, -0.2) is 4.57 Å². The minimum absolute atomic E-state index is 0.980. The molecule has 0 aliphatic carbocycles. The van der Waals surface area contributed by atoms with Gasteiger partial charge >= 0.3 is 0 Å². The molecule has 0 atom stereocenters. The van der Waals surface area contributed by atoms with Gasteiger partial charge in [-0.2, -0.15) is 0 Å². The van der Waals surface area contributed by atoms with Gasteiger partial charge in [-0.05, 0) is 43.9 Å². The zero-order valence-electron chi connectivity index (χ0n) is 16.9. The Morgan fingerprint density at radius 1 is 0.607 bits per heavy atom. The molecule has 0 saturated carbocycles. The fraction of sp³-hybridized carbons (Fsp3) is 0.185. The highest BCUT2D eigenvalue weighted by atomic mass is 14.9. The topological polar surface area (TPSA) is 4.93 Å². The second-order valence-electron chi connectivity index (χ2n) is 7.80. The summed E-state index contributed by atoms with van der Waals surface area (Å²) in [6, 6.07) is 26.4. The van der Waals surface area contributed by atoms with E-state index in [0.717, 1.165) is 13.0 Å². The standard InChI is InChI=1S/C27H27N/c1-20-7-4-10-23(15-20)13-14-28-18-26(24-11-5-8-21(2)16-24)27(19-28)25-12-6-9-22(3)17-25/h4-12,15-19H,13-14H2,1-3H3. The van der Waals surface area contributed by atoms with Crippen LogP contribution in [-0.2, 0) is 13.0 Å². The van der Waals surface area contributed by atoms with E-state index < -0.39 is 0 Å². The zero-order valence-corrected chi connectivity index (χ0v) is 16.9. The van der Waals surface area contributed by atoms with Crippen molar-refractivity contribution >= 4 is 0 Å². The molecule has 1 nitrogen and oxygen atoms in total. The average molecular weight is 366 g/mol. The summed E-state index contributed by atoms with van der Waals surface area (Å²) < 4.78 is 2.34. The van der Waals surface area contributed by atoms with E-state index in [0.29, 0.717) is 0 Å². The molecule has 0 saturated heterocycles. The first kappa shape index (κ1) is 18.3. The third-order valence-corrected chi connectivity index (χ3v) is 5.28. The van der Waals surface area contributed by atoms with E-state index in [2.05, 4.69) is 111 Å². The summed E-state index contributed by atoms with van der Waals surface area (Å²) in [7, 11) is 0. The van der Waals surface area contributed by atoms with Crippen LogP contribution < -0.4 is 0 Å². The van der Waals surface area contributed by atoms with Crippen molar-refractivity contribution in [2.45, 2.75) is 33.7 Å². The summed E-state index contributed by atoms with van der Waals surface area (Å²) in [5.74, 6) is 0. The van der Waals surface area contributed by atoms with Gasteiger partial charge in [-0.25, -0.2) is 0 Å². The van der Waals surface area contributed by atoms with E-state index >= 15 is 0 Å². The van der Waals surface area contributed by atoms with Gasteiger partial charge in [-0.1, -0.05) is 89.5 Å². The number of aryl methyl sites for hydroxylation is 5. The molecule has 0 unspecified atom stereocenters. The Hall–Kier alpha value is -3.06. The fourth-order valence-electron chi connectivity index (χ4n) is 3.85. The molecule has 0 spiro atoms. The molecule has 0 aliphatic rings. The van der Waals surface area contributed by atoms with Gasteiger partial charge in [0, 0.05) is 30.1 Å². The van der Waals surface area contributed by atoms with Gasteiger partial charge in [-0.15, -0.1) is 0 Å². The molecule has 0 radical (unpaired) electrons. The Morgan fingerprint density at radius 3 is 1.61 bits per heavy atom. The molecular formula is C27H27N. The van der Waals surface area contributed by atoms with E-state index in [9.17, 15) is 0 Å². The Labute approximate surface area is 168 Å². The van der Waals surface area contributed by atoms with Gasteiger partial charge < -0.3 is 4.57 Å². The second kappa shape index (κ2) is 7.90. The fourth-order valence-corrected chi connectivity index (χ4v) is 3.85. The van der Waals surface area contributed by atoms with E-state index in [4.69, 9.17) is 0 Å².